The number of nitrogens with zero attached hydrogens (tertiary/aromatic N) is 2. The van der Waals surface area contributed by atoms with E-state index in [0.717, 1.165) is 15.4 Å². The third kappa shape index (κ3) is 9.30. The monoisotopic (exact) mass is 709 g/mol. The Hall–Kier alpha value is -4.05. The van der Waals surface area contributed by atoms with Crippen molar-refractivity contribution in [2.45, 2.75) is 64.1 Å². The quantitative estimate of drug-likeness (QED) is 0.138. The van der Waals surface area contributed by atoms with Crippen LogP contribution >= 0.6 is 23.2 Å². The molecule has 254 valence electrons. The minimum absolute atomic E-state index is 0.0126. The third-order valence-electron chi connectivity index (χ3n) is 7.93. The molecule has 0 spiro atoms. The molecule has 0 heterocycles. The molecule has 1 N–H and O–H groups in total. The van der Waals surface area contributed by atoms with Gasteiger partial charge in [-0.1, -0.05) is 96.4 Å². The maximum absolute atomic E-state index is 14.7. The maximum Gasteiger partial charge on any atom is 0.264 e. The minimum atomic E-state index is -4.29. The van der Waals surface area contributed by atoms with Crippen molar-refractivity contribution in [2.24, 2.45) is 0 Å². The van der Waals surface area contributed by atoms with Gasteiger partial charge in [-0.25, -0.2) is 8.42 Å². The molecule has 0 aliphatic heterocycles. The number of sulfonamides is 1. The topological polar surface area (TPSA) is 96.0 Å². The predicted octanol–water partition coefficient (Wildman–Crippen LogP) is 7.45. The van der Waals surface area contributed by atoms with Gasteiger partial charge in [0.2, 0.25) is 11.8 Å². The van der Waals surface area contributed by atoms with Crippen molar-refractivity contribution in [1.82, 2.24) is 10.2 Å². The standard InChI is InChI=1S/C37H41Cl2N3O5S/c1-5-27(4)40-37(44)34(23-28-12-8-7-9-13-28)41(24-29-18-21-31(38)32(39)22-29)36(43)25-42(33-14-10-11-15-35(33)47-6-2)48(45,46)30-19-16-26(3)17-20-30/h7-22,27,34H,5-6,23-25H2,1-4H3,(H,40,44). The Morgan fingerprint density at radius 2 is 1.52 bits per heavy atom. The summed E-state index contributed by atoms with van der Waals surface area (Å²) < 4.78 is 35.6. The molecular formula is C37H41Cl2N3O5S. The first-order valence-corrected chi connectivity index (χ1v) is 18.0. The van der Waals surface area contributed by atoms with Gasteiger partial charge < -0.3 is 15.0 Å². The van der Waals surface area contributed by atoms with Gasteiger partial charge in [-0.15, -0.1) is 0 Å². The molecule has 4 rings (SSSR count). The molecule has 0 aromatic heterocycles. The van der Waals surface area contributed by atoms with Gasteiger partial charge in [-0.3, -0.25) is 13.9 Å². The van der Waals surface area contributed by atoms with E-state index >= 15 is 0 Å². The normalized spacial score (nSPS) is 12.5. The number of nitrogens with one attached hydrogen (secondary N) is 1. The number of hydrogen-bond acceptors (Lipinski definition) is 5. The summed E-state index contributed by atoms with van der Waals surface area (Å²) in [4.78, 5) is 30.2. The zero-order valence-corrected chi connectivity index (χ0v) is 29.9. The zero-order valence-electron chi connectivity index (χ0n) is 27.5. The first kappa shape index (κ1) is 36.8. The first-order valence-electron chi connectivity index (χ1n) is 15.8. The number of rotatable bonds is 15. The highest BCUT2D eigenvalue weighted by atomic mass is 35.5. The zero-order chi connectivity index (χ0) is 34.8. The van der Waals surface area contributed by atoms with Crippen LogP contribution in [0.15, 0.2) is 102 Å². The fourth-order valence-electron chi connectivity index (χ4n) is 5.12. The van der Waals surface area contributed by atoms with Crippen LogP contribution in [0.5, 0.6) is 5.75 Å². The number of hydrogen-bond donors (Lipinski definition) is 1. The summed E-state index contributed by atoms with van der Waals surface area (Å²) in [5.41, 5.74) is 2.54. The molecule has 0 fully saturated rings. The summed E-state index contributed by atoms with van der Waals surface area (Å²) in [7, 11) is -4.29. The molecule has 8 nitrogen and oxygen atoms in total. The summed E-state index contributed by atoms with van der Waals surface area (Å²) in [5, 5.41) is 3.67. The molecule has 4 aromatic carbocycles. The van der Waals surface area contributed by atoms with E-state index in [9.17, 15) is 18.0 Å². The van der Waals surface area contributed by atoms with Crippen molar-refractivity contribution in [3.05, 3.63) is 124 Å². The van der Waals surface area contributed by atoms with Crippen LogP contribution < -0.4 is 14.4 Å². The van der Waals surface area contributed by atoms with Gasteiger partial charge in [-0.05, 0) is 74.7 Å². The lowest BCUT2D eigenvalue weighted by atomic mass is 10.0. The third-order valence-corrected chi connectivity index (χ3v) is 10.4. The lowest BCUT2D eigenvalue weighted by Gasteiger charge is -2.34. The number of carbonyl (C=O) groups excluding carboxylic acids is 2. The van der Waals surface area contributed by atoms with Crippen LogP contribution in [-0.2, 0) is 32.6 Å². The fraction of sp³-hybridized carbons (Fsp3) is 0.297. The molecule has 11 heteroatoms. The number of para-hydroxylation sites is 2. The molecule has 48 heavy (non-hydrogen) atoms. The summed E-state index contributed by atoms with van der Waals surface area (Å²) in [6, 6.07) is 26.3. The molecule has 0 bridgehead atoms. The molecule has 0 aliphatic carbocycles. The van der Waals surface area contributed by atoms with E-state index in [2.05, 4.69) is 5.32 Å². The molecule has 2 unspecified atom stereocenters. The number of benzene rings is 4. The lowest BCUT2D eigenvalue weighted by Crippen LogP contribution is -2.54. The van der Waals surface area contributed by atoms with E-state index in [4.69, 9.17) is 27.9 Å². The highest BCUT2D eigenvalue weighted by molar-refractivity contribution is 7.92. The van der Waals surface area contributed by atoms with Crippen molar-refractivity contribution in [1.29, 1.82) is 0 Å². The average molecular weight is 711 g/mol. The molecule has 2 atom stereocenters. The second-order valence-electron chi connectivity index (χ2n) is 11.5. The van der Waals surface area contributed by atoms with E-state index in [0.29, 0.717) is 27.8 Å². The van der Waals surface area contributed by atoms with Crippen LogP contribution in [0.4, 0.5) is 5.69 Å². The molecule has 0 saturated heterocycles. The number of anilines is 1. The van der Waals surface area contributed by atoms with Crippen molar-refractivity contribution in [3.8, 4) is 5.75 Å². The van der Waals surface area contributed by atoms with Crippen molar-refractivity contribution < 1.29 is 22.7 Å². The Labute approximate surface area is 293 Å². The minimum Gasteiger partial charge on any atom is -0.492 e. The van der Waals surface area contributed by atoms with Gasteiger partial charge in [0, 0.05) is 19.0 Å². The Balaban J connectivity index is 1.86. The van der Waals surface area contributed by atoms with E-state index in [-0.39, 0.29) is 42.1 Å². The van der Waals surface area contributed by atoms with Gasteiger partial charge in [-0.2, -0.15) is 0 Å². The van der Waals surface area contributed by atoms with Crippen molar-refractivity contribution >= 4 is 50.7 Å². The highest BCUT2D eigenvalue weighted by Gasteiger charge is 2.36. The lowest BCUT2D eigenvalue weighted by molar-refractivity contribution is -0.140. The summed E-state index contributed by atoms with van der Waals surface area (Å²) in [6.07, 6.45) is 0.873. The largest absolute Gasteiger partial charge is 0.492 e. The van der Waals surface area contributed by atoms with E-state index in [1.807, 2.05) is 51.1 Å². The van der Waals surface area contributed by atoms with E-state index in [1.54, 1.807) is 61.5 Å². The first-order chi connectivity index (χ1) is 22.9. The van der Waals surface area contributed by atoms with E-state index < -0.39 is 28.5 Å². The number of ether oxygens (including phenoxy) is 1. The number of aryl methyl sites for hydroxylation is 1. The van der Waals surface area contributed by atoms with Gasteiger partial charge in [0.1, 0.15) is 18.3 Å². The van der Waals surface area contributed by atoms with E-state index in [1.165, 1.54) is 17.0 Å². The van der Waals surface area contributed by atoms with Gasteiger partial charge in [0.05, 0.1) is 27.2 Å². The number of carbonyl (C=O) groups is 2. The summed E-state index contributed by atoms with van der Waals surface area (Å²) in [5.74, 6) is -0.651. The highest BCUT2D eigenvalue weighted by Crippen LogP contribution is 2.33. The fourth-order valence-corrected chi connectivity index (χ4v) is 6.87. The molecule has 2 amide bonds. The maximum atomic E-state index is 14.7. The van der Waals surface area contributed by atoms with Crippen LogP contribution in [0.2, 0.25) is 10.0 Å². The Morgan fingerprint density at radius 3 is 2.17 bits per heavy atom. The molecule has 4 aromatic rings. The predicted molar refractivity (Wildman–Crippen MR) is 192 cm³/mol. The average Bonchev–Trinajstić information content (AvgIpc) is 3.07. The van der Waals surface area contributed by atoms with Crippen molar-refractivity contribution in [2.75, 3.05) is 17.5 Å². The Bertz CT molecular complexity index is 1800. The summed E-state index contributed by atoms with van der Waals surface area (Å²) in [6.45, 7) is 7.14. The number of halogens is 2. The van der Waals surface area contributed by atoms with Crippen LogP contribution in [-0.4, -0.2) is 50.4 Å². The SMILES string of the molecule is CCOc1ccccc1N(CC(=O)N(Cc1ccc(Cl)c(Cl)c1)C(Cc1ccccc1)C(=O)NC(C)CC)S(=O)(=O)c1ccc(C)cc1. The Kier molecular flexibility index (Phi) is 12.9. The van der Waals surface area contributed by atoms with Gasteiger partial charge in [0.25, 0.3) is 10.0 Å². The number of amides is 2. The van der Waals surface area contributed by atoms with Crippen LogP contribution in [0.3, 0.4) is 0 Å². The second-order valence-corrected chi connectivity index (χ2v) is 14.2. The van der Waals surface area contributed by atoms with Gasteiger partial charge >= 0.3 is 0 Å². The Morgan fingerprint density at radius 1 is 0.854 bits per heavy atom. The molecular weight excluding hydrogens is 669 g/mol. The van der Waals surface area contributed by atoms with Crippen molar-refractivity contribution in [3.63, 3.8) is 0 Å². The van der Waals surface area contributed by atoms with Crippen LogP contribution in [0.25, 0.3) is 0 Å². The smallest absolute Gasteiger partial charge is 0.264 e. The summed E-state index contributed by atoms with van der Waals surface area (Å²) >= 11 is 12.6. The molecule has 0 saturated carbocycles. The second kappa shape index (κ2) is 16.9. The van der Waals surface area contributed by atoms with Crippen LogP contribution in [0, 0.1) is 6.92 Å². The van der Waals surface area contributed by atoms with Crippen LogP contribution in [0.1, 0.15) is 43.9 Å². The molecule has 0 radical (unpaired) electrons. The van der Waals surface area contributed by atoms with Gasteiger partial charge in [0.15, 0.2) is 0 Å². The molecule has 0 aliphatic rings.